The van der Waals surface area contributed by atoms with Gasteiger partial charge in [-0.15, -0.1) is 12.3 Å². The Bertz CT molecular complexity index is 309. The lowest BCUT2D eigenvalue weighted by Crippen LogP contribution is -1.96. The molecule has 1 heteroatoms. The second-order valence-corrected chi connectivity index (χ2v) is 3.33. The maximum Gasteiger partial charge on any atom is 0.119 e. The Kier molecular flexibility index (Phi) is 4.64. The molecule has 0 aliphatic heterocycles. The Morgan fingerprint density at radius 1 is 1.36 bits per heavy atom. The molecule has 1 rings (SSSR count). The van der Waals surface area contributed by atoms with E-state index in [1.807, 2.05) is 18.2 Å². The number of ether oxygens (including phenoxy) is 1. The molecule has 74 valence electrons. The summed E-state index contributed by atoms with van der Waals surface area (Å²) in [5.74, 6) is 3.57. The van der Waals surface area contributed by atoms with E-state index in [0.29, 0.717) is 0 Å². The molecule has 1 nitrogen and oxygen atoms in total. The zero-order valence-corrected chi connectivity index (χ0v) is 8.62. The summed E-state index contributed by atoms with van der Waals surface area (Å²) in [5, 5.41) is 0. The van der Waals surface area contributed by atoms with Gasteiger partial charge in [0.25, 0.3) is 0 Å². The Labute approximate surface area is 86.1 Å². The zero-order valence-electron chi connectivity index (χ0n) is 8.62. The van der Waals surface area contributed by atoms with E-state index in [-0.39, 0.29) is 0 Å². The predicted molar refractivity (Wildman–Crippen MR) is 59.4 cm³/mol. The number of aryl methyl sites for hydroxylation is 1. The first-order valence-electron chi connectivity index (χ1n) is 4.96. The van der Waals surface area contributed by atoms with Gasteiger partial charge in [-0.25, -0.2) is 0 Å². The van der Waals surface area contributed by atoms with Gasteiger partial charge in [0.2, 0.25) is 0 Å². The summed E-state index contributed by atoms with van der Waals surface area (Å²) in [7, 11) is 0. The lowest BCUT2D eigenvalue weighted by molar-refractivity contribution is 0.307. The van der Waals surface area contributed by atoms with Crippen molar-refractivity contribution < 1.29 is 4.74 Å². The van der Waals surface area contributed by atoms with Crippen molar-refractivity contribution in [2.75, 3.05) is 6.61 Å². The van der Waals surface area contributed by atoms with Crippen LogP contribution in [0.2, 0.25) is 0 Å². The number of hydrogen-bond donors (Lipinski definition) is 0. The molecule has 0 saturated carbocycles. The van der Waals surface area contributed by atoms with Gasteiger partial charge in [0.1, 0.15) is 5.75 Å². The zero-order chi connectivity index (χ0) is 10.2. The second-order valence-electron chi connectivity index (χ2n) is 3.33. The molecule has 0 N–H and O–H groups in total. The maximum absolute atomic E-state index is 5.56. The van der Waals surface area contributed by atoms with Crippen LogP contribution in [0.5, 0.6) is 5.75 Å². The molecule has 0 amide bonds. The number of terminal acetylenes is 1. The van der Waals surface area contributed by atoms with Gasteiger partial charge < -0.3 is 4.74 Å². The Balaban J connectivity index is 2.22. The highest BCUT2D eigenvalue weighted by Crippen LogP contribution is 2.12. The van der Waals surface area contributed by atoms with Crippen LogP contribution in [-0.4, -0.2) is 6.61 Å². The fourth-order valence-electron chi connectivity index (χ4n) is 1.22. The summed E-state index contributed by atoms with van der Waals surface area (Å²) >= 11 is 0. The van der Waals surface area contributed by atoms with E-state index in [4.69, 9.17) is 11.2 Å². The fraction of sp³-hybridized carbons (Fsp3) is 0.385. The fourth-order valence-corrected chi connectivity index (χ4v) is 1.22. The van der Waals surface area contributed by atoms with E-state index in [1.54, 1.807) is 0 Å². The lowest BCUT2D eigenvalue weighted by Gasteiger charge is -2.05. The number of hydrogen-bond acceptors (Lipinski definition) is 1. The van der Waals surface area contributed by atoms with Crippen LogP contribution < -0.4 is 4.74 Å². The van der Waals surface area contributed by atoms with Gasteiger partial charge >= 0.3 is 0 Å². The van der Waals surface area contributed by atoms with Crippen molar-refractivity contribution in [2.45, 2.75) is 26.2 Å². The predicted octanol–water partition coefficient (Wildman–Crippen LogP) is 3.18. The van der Waals surface area contributed by atoms with Crippen LogP contribution in [-0.2, 0) is 0 Å². The molecule has 0 saturated heterocycles. The molecule has 0 heterocycles. The minimum absolute atomic E-state index is 0.755. The Hall–Kier alpha value is -1.42. The van der Waals surface area contributed by atoms with E-state index in [9.17, 15) is 0 Å². The van der Waals surface area contributed by atoms with Crippen molar-refractivity contribution in [3.8, 4) is 18.1 Å². The second kappa shape index (κ2) is 6.10. The molecular weight excluding hydrogens is 172 g/mol. The summed E-state index contributed by atoms with van der Waals surface area (Å²) in [5.41, 5.74) is 1.23. The molecular formula is C13H16O. The van der Waals surface area contributed by atoms with Crippen molar-refractivity contribution >= 4 is 0 Å². The molecule has 0 aliphatic carbocycles. The molecule has 0 radical (unpaired) electrons. The highest BCUT2D eigenvalue weighted by Gasteiger charge is 1.93. The molecule has 0 aliphatic rings. The van der Waals surface area contributed by atoms with Gasteiger partial charge in [-0.2, -0.15) is 0 Å². The van der Waals surface area contributed by atoms with Crippen LogP contribution in [0.25, 0.3) is 0 Å². The van der Waals surface area contributed by atoms with Gasteiger partial charge in [0, 0.05) is 6.42 Å². The SMILES string of the molecule is C#CCCCCOc1cccc(C)c1. The van der Waals surface area contributed by atoms with Crippen LogP contribution in [0, 0.1) is 19.3 Å². The molecule has 0 fully saturated rings. The molecule has 0 spiro atoms. The molecule has 1 aromatic rings. The minimum Gasteiger partial charge on any atom is -0.494 e. The molecule has 14 heavy (non-hydrogen) atoms. The van der Waals surface area contributed by atoms with E-state index >= 15 is 0 Å². The Morgan fingerprint density at radius 3 is 2.93 bits per heavy atom. The smallest absolute Gasteiger partial charge is 0.119 e. The van der Waals surface area contributed by atoms with E-state index in [0.717, 1.165) is 31.6 Å². The average Bonchev–Trinajstić information content (AvgIpc) is 2.18. The summed E-state index contributed by atoms with van der Waals surface area (Å²) in [6, 6.07) is 8.09. The summed E-state index contributed by atoms with van der Waals surface area (Å²) in [6.45, 7) is 2.82. The molecule has 1 aromatic carbocycles. The normalized spacial score (nSPS) is 9.43. The summed E-state index contributed by atoms with van der Waals surface area (Å²) in [4.78, 5) is 0. The lowest BCUT2D eigenvalue weighted by atomic mass is 10.2. The number of benzene rings is 1. The minimum atomic E-state index is 0.755. The topological polar surface area (TPSA) is 9.23 Å². The van der Waals surface area contributed by atoms with Gasteiger partial charge in [-0.1, -0.05) is 12.1 Å². The quantitative estimate of drug-likeness (QED) is 0.509. The van der Waals surface area contributed by atoms with Crippen LogP contribution in [0.1, 0.15) is 24.8 Å². The monoisotopic (exact) mass is 188 g/mol. The first kappa shape index (κ1) is 10.7. The van der Waals surface area contributed by atoms with Crippen molar-refractivity contribution in [3.05, 3.63) is 29.8 Å². The first-order chi connectivity index (χ1) is 6.83. The van der Waals surface area contributed by atoms with Gasteiger partial charge in [0.05, 0.1) is 6.61 Å². The molecule has 0 bridgehead atoms. The third-order valence-corrected chi connectivity index (χ3v) is 1.97. The summed E-state index contributed by atoms with van der Waals surface area (Å²) < 4.78 is 5.56. The van der Waals surface area contributed by atoms with Gasteiger partial charge in [-0.3, -0.25) is 0 Å². The van der Waals surface area contributed by atoms with Crippen LogP contribution >= 0.6 is 0 Å². The van der Waals surface area contributed by atoms with E-state index < -0.39 is 0 Å². The number of rotatable bonds is 5. The standard InChI is InChI=1S/C13H16O/c1-3-4-5-6-10-14-13-9-7-8-12(2)11-13/h1,7-9,11H,4-6,10H2,2H3. The molecule has 0 aromatic heterocycles. The van der Waals surface area contributed by atoms with Crippen molar-refractivity contribution in [1.29, 1.82) is 0 Å². The van der Waals surface area contributed by atoms with Crippen LogP contribution in [0.4, 0.5) is 0 Å². The van der Waals surface area contributed by atoms with Crippen molar-refractivity contribution in [1.82, 2.24) is 0 Å². The van der Waals surface area contributed by atoms with Crippen molar-refractivity contribution in [2.24, 2.45) is 0 Å². The maximum atomic E-state index is 5.56. The number of unbranched alkanes of at least 4 members (excludes halogenated alkanes) is 2. The van der Waals surface area contributed by atoms with Gasteiger partial charge in [-0.05, 0) is 37.5 Å². The molecule has 0 unspecified atom stereocenters. The highest BCUT2D eigenvalue weighted by atomic mass is 16.5. The third kappa shape index (κ3) is 4.00. The molecule has 0 atom stereocenters. The average molecular weight is 188 g/mol. The van der Waals surface area contributed by atoms with E-state index in [2.05, 4.69) is 18.9 Å². The van der Waals surface area contributed by atoms with Gasteiger partial charge in [0.15, 0.2) is 0 Å². The first-order valence-corrected chi connectivity index (χ1v) is 4.96. The largest absolute Gasteiger partial charge is 0.494 e. The summed E-state index contributed by atoms with van der Waals surface area (Å²) in [6.07, 6.45) is 8.07. The van der Waals surface area contributed by atoms with Crippen LogP contribution in [0.15, 0.2) is 24.3 Å². The van der Waals surface area contributed by atoms with Crippen molar-refractivity contribution in [3.63, 3.8) is 0 Å². The third-order valence-electron chi connectivity index (χ3n) is 1.97. The van der Waals surface area contributed by atoms with Crippen LogP contribution in [0.3, 0.4) is 0 Å². The van der Waals surface area contributed by atoms with E-state index in [1.165, 1.54) is 5.56 Å². The highest BCUT2D eigenvalue weighted by molar-refractivity contribution is 5.27. The Morgan fingerprint density at radius 2 is 2.21 bits per heavy atom.